The molecule has 0 amide bonds. The number of unbranched alkanes of at least 4 members (excludes halogenated alkanes) is 2. The molecule has 2 aliphatic carbocycles. The van der Waals surface area contributed by atoms with Gasteiger partial charge in [-0.05, 0) is 50.9 Å². The van der Waals surface area contributed by atoms with Crippen LogP contribution in [0, 0.1) is 0 Å². The molecule has 0 N–H and O–H groups in total. The Morgan fingerprint density at radius 3 is 1.29 bits per heavy atom. The van der Waals surface area contributed by atoms with E-state index in [9.17, 15) is 0 Å². The largest absolute Gasteiger partial charge is 0.103 e. The second-order valence-electron chi connectivity index (χ2n) is 10.3. The van der Waals surface area contributed by atoms with Crippen LogP contribution in [0.25, 0.3) is 22.3 Å². The molecule has 34 heavy (non-hydrogen) atoms. The van der Waals surface area contributed by atoms with Gasteiger partial charge in [0.25, 0.3) is 0 Å². The van der Waals surface area contributed by atoms with Crippen molar-refractivity contribution in [2.45, 2.75) is 42.9 Å². The number of hydrogen-bond acceptors (Lipinski definition) is 0. The fourth-order valence-corrected chi connectivity index (χ4v) is 12.8. The van der Waals surface area contributed by atoms with E-state index in [2.05, 4.69) is 116 Å². The van der Waals surface area contributed by atoms with Crippen molar-refractivity contribution in [1.29, 1.82) is 0 Å². The van der Waals surface area contributed by atoms with Crippen LogP contribution in [0.2, 0.25) is 12.6 Å². The van der Waals surface area contributed by atoms with Crippen LogP contribution >= 0.6 is 0 Å². The van der Waals surface area contributed by atoms with Crippen molar-refractivity contribution >= 4 is 8.07 Å². The lowest BCUT2D eigenvalue weighted by Gasteiger charge is -2.41. The lowest BCUT2D eigenvalue weighted by Crippen LogP contribution is -2.45. The van der Waals surface area contributed by atoms with Crippen LogP contribution in [-0.4, -0.2) is 8.07 Å². The maximum Gasteiger partial charge on any atom is 0.0761 e. The van der Waals surface area contributed by atoms with Gasteiger partial charge in [0.2, 0.25) is 0 Å². The van der Waals surface area contributed by atoms with E-state index in [0.29, 0.717) is 11.1 Å². The number of benzene rings is 4. The average Bonchev–Trinajstić information content (AvgIpc) is 3.41. The lowest BCUT2D eigenvalue weighted by molar-refractivity contribution is 0.785. The molecule has 0 atom stereocenters. The molecule has 0 nitrogen and oxygen atoms in total. The highest BCUT2D eigenvalue weighted by atomic mass is 28.3. The Kier molecular flexibility index (Phi) is 5.38. The molecule has 0 radical (unpaired) electrons. The van der Waals surface area contributed by atoms with Crippen LogP contribution in [0.3, 0.4) is 0 Å². The Morgan fingerprint density at radius 2 is 0.941 bits per heavy atom. The Balaban J connectivity index is 1.58. The standard InChI is InChI=1S/C33H32Si/c1-3-4-5-14-23-34(2,32-28-19-10-6-15-24(28)25-16-7-11-20-29(25)32)33-30-21-12-8-17-26(30)27-18-9-13-22-31(27)33/h3,6-13,15-22,32-33H,1,4-5,14,23H2,2H3. The van der Waals surface area contributed by atoms with Gasteiger partial charge in [-0.15, -0.1) is 6.58 Å². The Labute approximate surface area is 205 Å². The van der Waals surface area contributed by atoms with E-state index in [4.69, 9.17) is 0 Å². The Hall–Kier alpha value is -3.16. The van der Waals surface area contributed by atoms with Crippen LogP contribution in [0.1, 0.15) is 52.6 Å². The fourth-order valence-electron chi connectivity index (χ4n) is 6.98. The van der Waals surface area contributed by atoms with Crippen LogP contribution < -0.4 is 0 Å². The summed E-state index contributed by atoms with van der Waals surface area (Å²) in [5.41, 5.74) is 13.1. The van der Waals surface area contributed by atoms with Gasteiger partial charge in [0.15, 0.2) is 0 Å². The molecule has 4 aromatic rings. The first kappa shape index (κ1) is 21.4. The van der Waals surface area contributed by atoms with E-state index in [1.54, 1.807) is 22.3 Å². The van der Waals surface area contributed by atoms with Gasteiger partial charge in [0.1, 0.15) is 0 Å². The molecule has 1 heteroatoms. The molecular formula is C33H32Si. The van der Waals surface area contributed by atoms with E-state index < -0.39 is 8.07 Å². The van der Waals surface area contributed by atoms with Crippen molar-refractivity contribution in [2.75, 3.05) is 0 Å². The second-order valence-corrected chi connectivity index (χ2v) is 14.9. The van der Waals surface area contributed by atoms with E-state index >= 15 is 0 Å². The van der Waals surface area contributed by atoms with Crippen molar-refractivity contribution in [3.05, 3.63) is 132 Å². The Bertz CT molecular complexity index is 1180. The van der Waals surface area contributed by atoms with E-state index in [0.717, 1.165) is 6.42 Å². The molecule has 168 valence electrons. The van der Waals surface area contributed by atoms with Gasteiger partial charge in [-0.3, -0.25) is 0 Å². The summed E-state index contributed by atoms with van der Waals surface area (Å²) in [7, 11) is -1.97. The highest BCUT2D eigenvalue weighted by Gasteiger charge is 2.51. The third-order valence-electron chi connectivity index (χ3n) is 8.36. The number of allylic oxidation sites excluding steroid dienone is 1. The zero-order valence-corrected chi connectivity index (χ0v) is 21.0. The zero-order valence-electron chi connectivity index (χ0n) is 20.0. The van der Waals surface area contributed by atoms with Crippen LogP contribution in [0.4, 0.5) is 0 Å². The Morgan fingerprint density at radius 1 is 0.588 bits per heavy atom. The molecule has 2 aliphatic rings. The van der Waals surface area contributed by atoms with Gasteiger partial charge < -0.3 is 0 Å². The molecule has 0 aliphatic heterocycles. The minimum atomic E-state index is -1.97. The lowest BCUT2D eigenvalue weighted by atomic mass is 10.1. The van der Waals surface area contributed by atoms with Gasteiger partial charge >= 0.3 is 0 Å². The molecule has 0 saturated heterocycles. The molecular weight excluding hydrogens is 424 g/mol. The third-order valence-corrected chi connectivity index (χ3v) is 13.7. The highest BCUT2D eigenvalue weighted by molar-refractivity contribution is 6.83. The quantitative estimate of drug-likeness (QED) is 0.148. The van der Waals surface area contributed by atoms with Gasteiger partial charge in [-0.1, -0.05) is 129 Å². The van der Waals surface area contributed by atoms with Crippen molar-refractivity contribution in [3.8, 4) is 22.3 Å². The molecule has 0 fully saturated rings. The van der Waals surface area contributed by atoms with Crippen molar-refractivity contribution in [1.82, 2.24) is 0 Å². The number of hydrogen-bond donors (Lipinski definition) is 0. The molecule has 0 saturated carbocycles. The first-order chi connectivity index (χ1) is 16.7. The number of fused-ring (bicyclic) bond motifs is 6. The summed E-state index contributed by atoms with van der Waals surface area (Å²) in [5.74, 6) is 0. The number of rotatable bonds is 7. The molecule has 4 aromatic carbocycles. The van der Waals surface area contributed by atoms with Crippen molar-refractivity contribution in [3.63, 3.8) is 0 Å². The summed E-state index contributed by atoms with van der Waals surface area (Å²) in [6.45, 7) is 6.70. The molecule has 0 spiro atoms. The summed E-state index contributed by atoms with van der Waals surface area (Å²) in [4.78, 5) is 0. The molecule has 6 rings (SSSR count). The smallest absolute Gasteiger partial charge is 0.0761 e. The maximum absolute atomic E-state index is 3.98. The van der Waals surface area contributed by atoms with Crippen LogP contribution in [0.15, 0.2) is 110 Å². The highest BCUT2D eigenvalue weighted by Crippen LogP contribution is 2.58. The first-order valence-electron chi connectivity index (χ1n) is 12.7. The molecule has 0 heterocycles. The van der Waals surface area contributed by atoms with Gasteiger partial charge in [0, 0.05) is 11.1 Å². The monoisotopic (exact) mass is 456 g/mol. The first-order valence-corrected chi connectivity index (χ1v) is 15.6. The van der Waals surface area contributed by atoms with Gasteiger partial charge in [-0.2, -0.15) is 0 Å². The van der Waals surface area contributed by atoms with Gasteiger partial charge in [-0.25, -0.2) is 0 Å². The van der Waals surface area contributed by atoms with E-state index in [1.165, 1.54) is 41.1 Å². The summed E-state index contributed by atoms with van der Waals surface area (Å²) < 4.78 is 0. The van der Waals surface area contributed by atoms with Crippen LogP contribution in [-0.2, 0) is 0 Å². The molecule has 0 aromatic heterocycles. The second kappa shape index (κ2) is 8.56. The normalized spacial score (nSPS) is 14.4. The summed E-state index contributed by atoms with van der Waals surface area (Å²) >= 11 is 0. The molecule has 0 bridgehead atoms. The van der Waals surface area contributed by atoms with E-state index in [1.807, 2.05) is 0 Å². The maximum atomic E-state index is 3.98. The minimum Gasteiger partial charge on any atom is -0.103 e. The minimum absolute atomic E-state index is 0.507. The zero-order chi connectivity index (χ0) is 23.1. The topological polar surface area (TPSA) is 0 Å². The van der Waals surface area contributed by atoms with Crippen LogP contribution in [0.5, 0.6) is 0 Å². The summed E-state index contributed by atoms with van der Waals surface area (Å²) in [6.07, 6.45) is 5.70. The predicted molar refractivity (Wildman–Crippen MR) is 148 cm³/mol. The average molecular weight is 457 g/mol. The predicted octanol–water partition coefficient (Wildman–Crippen LogP) is 9.12. The summed E-state index contributed by atoms with van der Waals surface area (Å²) in [5, 5.41) is 0. The third kappa shape index (κ3) is 3.18. The molecule has 0 unspecified atom stereocenters. The SMILES string of the molecule is C=CCCCC[Si](C)(C1c2ccccc2-c2ccccc21)C1c2ccccc2-c2ccccc21. The van der Waals surface area contributed by atoms with E-state index in [-0.39, 0.29) is 0 Å². The van der Waals surface area contributed by atoms with Crippen molar-refractivity contribution in [2.24, 2.45) is 0 Å². The van der Waals surface area contributed by atoms with Gasteiger partial charge in [0.05, 0.1) is 8.07 Å². The van der Waals surface area contributed by atoms with Crippen molar-refractivity contribution < 1.29 is 0 Å². The fraction of sp³-hybridized carbons (Fsp3) is 0.212. The summed E-state index contributed by atoms with van der Waals surface area (Å²) in [6, 6.07) is 38.2.